The average Bonchev–Trinajstić information content (AvgIpc) is 2.72. The molecule has 0 saturated heterocycles. The lowest BCUT2D eigenvalue weighted by molar-refractivity contribution is -0.139. The van der Waals surface area contributed by atoms with Crippen molar-refractivity contribution in [1.82, 2.24) is 4.90 Å². The molecule has 4 atom stereocenters. The van der Waals surface area contributed by atoms with Gasteiger partial charge in [-0.05, 0) is 17.8 Å². The van der Waals surface area contributed by atoms with E-state index in [2.05, 4.69) is 0 Å². The predicted molar refractivity (Wildman–Crippen MR) is 147 cm³/mol. The molecule has 0 aliphatic heterocycles. The van der Waals surface area contributed by atoms with E-state index in [1.54, 1.807) is 14.1 Å². The van der Waals surface area contributed by atoms with Gasteiger partial charge in [0, 0.05) is 51.7 Å². The molecule has 5 N–H and O–H groups in total. The van der Waals surface area contributed by atoms with Gasteiger partial charge in [0.1, 0.15) is 6.04 Å². The number of nitrogens with two attached hydrogens (primary N) is 2. The summed E-state index contributed by atoms with van der Waals surface area (Å²) < 4.78 is 92.5. The van der Waals surface area contributed by atoms with Crippen molar-refractivity contribution in [3.63, 3.8) is 0 Å². The number of hydrogen-bond acceptors (Lipinski definition) is 4. The molecule has 1 amide bonds. The first kappa shape index (κ1) is 51.6. The van der Waals surface area contributed by atoms with Crippen LogP contribution in [0, 0.1) is 23.7 Å². The molecule has 0 rings (SSSR count). The van der Waals surface area contributed by atoms with Crippen LogP contribution < -0.4 is 11.5 Å². The van der Waals surface area contributed by atoms with E-state index in [9.17, 15) is 44.7 Å². The second-order valence-corrected chi connectivity index (χ2v) is 9.71. The van der Waals surface area contributed by atoms with Crippen molar-refractivity contribution in [3.8, 4) is 0 Å². The van der Waals surface area contributed by atoms with Gasteiger partial charge in [0.15, 0.2) is 0 Å². The van der Waals surface area contributed by atoms with Crippen LogP contribution in [-0.4, -0.2) is 73.8 Å². The summed E-state index contributed by atoms with van der Waals surface area (Å²) in [5, 5.41) is 7.97. The van der Waals surface area contributed by atoms with E-state index in [1.807, 2.05) is 34.6 Å². The number of amides is 1. The van der Waals surface area contributed by atoms with Crippen LogP contribution >= 0.6 is 24.8 Å². The van der Waals surface area contributed by atoms with Gasteiger partial charge >= 0.3 is 5.97 Å². The third kappa shape index (κ3) is 39.0. The molecule has 248 valence electrons. The highest BCUT2D eigenvalue weighted by atomic mass is 35.5. The largest absolute Gasteiger partial charge is 0.480 e. The van der Waals surface area contributed by atoms with E-state index in [1.165, 1.54) is 11.8 Å². The first-order valence-corrected chi connectivity index (χ1v) is 12.1. The number of nitrogens with zero attached hydrogens (tertiary/aromatic N) is 1. The highest BCUT2D eigenvalue weighted by Gasteiger charge is 2.19. The van der Waals surface area contributed by atoms with E-state index in [0.717, 1.165) is 0 Å². The van der Waals surface area contributed by atoms with Gasteiger partial charge in [-0.15, -0.1) is 24.8 Å². The Kier molecular flexibility index (Phi) is 37.9. The maximum atomic E-state index is 11.7. The van der Waals surface area contributed by atoms with Gasteiger partial charge in [0.25, 0.3) is 0 Å². The average molecular weight is 651 g/mol. The maximum absolute atomic E-state index is 11.7. The molecule has 4 unspecified atom stereocenters. The Morgan fingerprint density at radius 1 is 0.650 bits per heavy atom. The zero-order chi connectivity index (χ0) is 31.3. The molecule has 0 saturated carbocycles. The minimum atomic E-state index is -2.64. The molecule has 0 aromatic rings. The van der Waals surface area contributed by atoms with E-state index < -0.39 is 50.1 Å². The molecule has 0 radical (unpaired) electrons. The molecule has 16 heteroatoms. The summed E-state index contributed by atoms with van der Waals surface area (Å²) in [7, 11) is 3.12. The monoisotopic (exact) mass is 649 g/mol. The number of carbonyl (C=O) groups excluding carboxylic acids is 1. The molecule has 0 bridgehead atoms. The molecule has 0 aliphatic rings. The molecule has 0 aliphatic carbocycles. The van der Waals surface area contributed by atoms with Crippen LogP contribution in [0.25, 0.3) is 0 Å². The normalized spacial score (nSPS) is 13.5. The summed E-state index contributed by atoms with van der Waals surface area (Å²) in [6, 6.07) is -1.80. The minimum absolute atomic E-state index is 0. The Morgan fingerprint density at radius 3 is 1.15 bits per heavy atom. The molecule has 40 heavy (non-hydrogen) atoms. The highest BCUT2D eigenvalue weighted by Crippen LogP contribution is 2.18. The summed E-state index contributed by atoms with van der Waals surface area (Å²) in [6.45, 7) is 11.0. The van der Waals surface area contributed by atoms with Crippen LogP contribution in [0.5, 0.6) is 0 Å². The summed E-state index contributed by atoms with van der Waals surface area (Å²) in [6.07, 6.45) is -10.7. The fourth-order valence-corrected chi connectivity index (χ4v) is 2.13. The second-order valence-electron chi connectivity index (χ2n) is 9.71. The molecule has 0 aromatic carbocycles. The number of halogens is 10. The number of hydrogen-bond donors (Lipinski definition) is 3. The van der Waals surface area contributed by atoms with Gasteiger partial charge in [-0.2, -0.15) is 0 Å². The summed E-state index contributed by atoms with van der Waals surface area (Å²) >= 11 is 0. The van der Waals surface area contributed by atoms with Crippen molar-refractivity contribution in [2.45, 2.75) is 105 Å². The van der Waals surface area contributed by atoms with Gasteiger partial charge in [-0.1, -0.05) is 41.5 Å². The first-order chi connectivity index (χ1) is 17.1. The zero-order valence-corrected chi connectivity index (χ0v) is 25.9. The van der Waals surface area contributed by atoms with E-state index in [-0.39, 0.29) is 67.9 Å². The molecule has 6 nitrogen and oxygen atoms in total. The Labute approximate surface area is 245 Å². The van der Waals surface area contributed by atoms with E-state index in [4.69, 9.17) is 16.6 Å². The molecule has 0 fully saturated rings. The van der Waals surface area contributed by atoms with Crippen molar-refractivity contribution >= 4 is 36.7 Å². The summed E-state index contributed by atoms with van der Waals surface area (Å²) in [5.41, 5.74) is 10.1. The van der Waals surface area contributed by atoms with Crippen LogP contribution in [0.1, 0.15) is 67.2 Å². The molecular formula is C24H49Cl2F8N3O3. The van der Waals surface area contributed by atoms with Crippen molar-refractivity contribution in [3.05, 3.63) is 0 Å². The lowest BCUT2D eigenvalue weighted by atomic mass is 9.95. The molecular weight excluding hydrogens is 601 g/mol. The number of carboxylic acids is 1. The van der Waals surface area contributed by atoms with Gasteiger partial charge in [0.05, 0.1) is 0 Å². The second kappa shape index (κ2) is 29.4. The predicted octanol–water partition coefficient (Wildman–Crippen LogP) is 6.82. The highest BCUT2D eigenvalue weighted by molar-refractivity contribution is 5.85. The molecule has 0 heterocycles. The maximum Gasteiger partial charge on any atom is 0.320 e. The third-order valence-electron chi connectivity index (χ3n) is 5.14. The number of aliphatic carboxylic acids is 1. The first-order valence-electron chi connectivity index (χ1n) is 12.1. The number of alkyl halides is 8. The number of carboxylic acid groups (broad SMARTS) is 1. The lowest BCUT2D eigenvalue weighted by Gasteiger charge is -2.15. The SMILES string of the molecule is CC(C)C(C)CC(F)F.CC(C)C(N)CC(F)F.CC(CC(F)F)C(=O)N(C)C.Cl.Cl.NC(CC(F)F)C(=O)O. The van der Waals surface area contributed by atoms with Crippen LogP contribution in [0.15, 0.2) is 0 Å². The smallest absolute Gasteiger partial charge is 0.320 e. The lowest BCUT2D eigenvalue weighted by Crippen LogP contribution is -2.31. The zero-order valence-electron chi connectivity index (χ0n) is 24.3. The van der Waals surface area contributed by atoms with E-state index in [0.29, 0.717) is 5.92 Å². The van der Waals surface area contributed by atoms with Crippen LogP contribution in [-0.2, 0) is 9.59 Å². The topological polar surface area (TPSA) is 110 Å². The number of carbonyl (C=O) groups is 2. The van der Waals surface area contributed by atoms with Crippen molar-refractivity contribution in [2.75, 3.05) is 14.1 Å². The molecule has 0 spiro atoms. The van der Waals surface area contributed by atoms with Crippen LogP contribution in [0.2, 0.25) is 0 Å². The minimum Gasteiger partial charge on any atom is -0.480 e. The van der Waals surface area contributed by atoms with Gasteiger partial charge in [-0.25, -0.2) is 35.1 Å². The fraction of sp³-hybridized carbons (Fsp3) is 0.917. The quantitative estimate of drug-likeness (QED) is 0.201. The summed E-state index contributed by atoms with van der Waals surface area (Å²) in [5.74, 6) is -1.55. The Bertz CT molecular complexity index is 576. The van der Waals surface area contributed by atoms with Crippen LogP contribution in [0.3, 0.4) is 0 Å². The van der Waals surface area contributed by atoms with Crippen LogP contribution in [0.4, 0.5) is 35.1 Å². The van der Waals surface area contributed by atoms with Gasteiger partial charge in [-0.3, -0.25) is 9.59 Å². The Balaban J connectivity index is -0.0000000951. The van der Waals surface area contributed by atoms with Gasteiger partial charge in [0.2, 0.25) is 31.6 Å². The van der Waals surface area contributed by atoms with Crippen molar-refractivity contribution in [1.29, 1.82) is 0 Å². The van der Waals surface area contributed by atoms with Crippen molar-refractivity contribution < 1.29 is 49.8 Å². The Morgan fingerprint density at radius 2 is 1.00 bits per heavy atom. The standard InChI is InChI=1S/C7H13F2NO.C7H14F2.C6H13F2N.C4H7F2NO2.2ClH/c1-5(4-6(8)9)7(11)10(2)3;1-5(2)6(3)4-7(8)9;1-4(2)5(9)3-6(7)8;5-3(6)1-2(7)4(8)9;;/h5-6H,4H2,1-3H3;5-7H,4H2,1-3H3;4-6H,3,9H2,1-2H3;2-3H,1,7H2,(H,8,9);2*1H. The summed E-state index contributed by atoms with van der Waals surface area (Å²) in [4.78, 5) is 22.1. The van der Waals surface area contributed by atoms with Crippen molar-refractivity contribution in [2.24, 2.45) is 35.1 Å². The fourth-order valence-electron chi connectivity index (χ4n) is 2.13. The van der Waals surface area contributed by atoms with Gasteiger partial charge < -0.3 is 21.5 Å². The van der Waals surface area contributed by atoms with E-state index >= 15 is 0 Å². The number of rotatable bonds is 12. The Hall–Kier alpha value is -1.12. The third-order valence-corrected chi connectivity index (χ3v) is 5.14. The molecule has 0 aromatic heterocycles.